The van der Waals surface area contributed by atoms with Gasteiger partial charge in [-0.15, -0.1) is 22.0 Å². The van der Waals surface area contributed by atoms with Gasteiger partial charge in [0, 0.05) is 37.5 Å². The second kappa shape index (κ2) is 8.94. The van der Waals surface area contributed by atoms with Gasteiger partial charge in [-0.1, -0.05) is 26.0 Å². The van der Waals surface area contributed by atoms with Crippen LogP contribution in [0.1, 0.15) is 37.1 Å². The topological polar surface area (TPSA) is 80.1 Å². The summed E-state index contributed by atoms with van der Waals surface area (Å²) in [5, 5.41) is 8.70. The predicted molar refractivity (Wildman–Crippen MR) is 113 cm³/mol. The van der Waals surface area contributed by atoms with Crippen molar-refractivity contribution >= 4 is 21.8 Å². The lowest BCUT2D eigenvalue weighted by atomic mass is 10.1. The molecule has 154 valence electrons. The summed E-state index contributed by atoms with van der Waals surface area (Å²) in [6, 6.07) is 8.33. The minimum Gasteiger partial charge on any atom is -0.312 e. The summed E-state index contributed by atoms with van der Waals surface area (Å²) < 4.78 is 28.4. The summed E-state index contributed by atoms with van der Waals surface area (Å²) in [5.74, 6) is 1.72. The highest BCUT2D eigenvalue weighted by Gasteiger charge is 2.28. The highest BCUT2D eigenvalue weighted by atomic mass is 32.2. The van der Waals surface area contributed by atoms with Crippen molar-refractivity contribution in [1.82, 2.24) is 24.4 Å². The minimum atomic E-state index is -3.33. The molecule has 1 unspecified atom stereocenters. The number of rotatable bonds is 7. The van der Waals surface area contributed by atoms with Crippen LogP contribution in [0.4, 0.5) is 0 Å². The Morgan fingerprint density at radius 2 is 1.86 bits per heavy atom. The first kappa shape index (κ1) is 21.3. The van der Waals surface area contributed by atoms with Crippen LogP contribution in [0, 0.1) is 5.92 Å². The zero-order chi connectivity index (χ0) is 20.3. The van der Waals surface area contributed by atoms with Crippen molar-refractivity contribution in [2.24, 2.45) is 5.92 Å². The molecule has 0 saturated heterocycles. The summed E-state index contributed by atoms with van der Waals surface area (Å²) in [7, 11) is -3.33. The lowest BCUT2D eigenvalue weighted by Gasteiger charge is -2.22. The van der Waals surface area contributed by atoms with Crippen molar-refractivity contribution in [3.63, 3.8) is 0 Å². The Morgan fingerprint density at radius 3 is 2.46 bits per heavy atom. The molecule has 3 rings (SSSR count). The van der Waals surface area contributed by atoms with Crippen LogP contribution in [0.5, 0.6) is 0 Å². The molecule has 0 saturated carbocycles. The molecule has 1 aromatic carbocycles. The van der Waals surface area contributed by atoms with E-state index in [0.29, 0.717) is 5.82 Å². The number of hydrogen-bond donors (Lipinski definition) is 1. The van der Waals surface area contributed by atoms with Gasteiger partial charge in [-0.3, -0.25) is 4.90 Å². The van der Waals surface area contributed by atoms with Crippen LogP contribution in [0.15, 0.2) is 29.2 Å². The average molecular weight is 424 g/mol. The first-order valence-corrected chi connectivity index (χ1v) is 12.6. The van der Waals surface area contributed by atoms with Crippen molar-refractivity contribution in [2.75, 3.05) is 25.6 Å². The van der Waals surface area contributed by atoms with Crippen molar-refractivity contribution in [1.29, 1.82) is 0 Å². The Bertz CT molecular complexity index is 894. The number of fused-ring (bicyclic) bond motifs is 1. The molecule has 0 radical (unpaired) electrons. The molecule has 0 amide bonds. The number of aromatic nitrogens is 3. The number of hydrogen-bond acceptors (Lipinski definition) is 6. The largest absolute Gasteiger partial charge is 0.312 e. The fourth-order valence-corrected chi connectivity index (χ4v) is 4.73. The smallest absolute Gasteiger partial charge is 0.209 e. The van der Waals surface area contributed by atoms with E-state index in [9.17, 15) is 8.42 Å². The molecule has 0 fully saturated rings. The van der Waals surface area contributed by atoms with E-state index in [-0.39, 0.29) is 12.0 Å². The number of sulfonamides is 1. The predicted octanol–water partition coefficient (Wildman–Crippen LogP) is 2.30. The number of nitrogens with zero attached hydrogens (tertiary/aromatic N) is 4. The van der Waals surface area contributed by atoms with Crippen LogP contribution < -0.4 is 4.72 Å². The monoisotopic (exact) mass is 423 g/mol. The molecule has 1 atom stereocenters. The highest BCUT2D eigenvalue weighted by Crippen LogP contribution is 2.23. The third-order valence-electron chi connectivity index (χ3n) is 5.00. The lowest BCUT2D eigenvalue weighted by molar-refractivity contribution is 0.269. The molecule has 1 aromatic heterocycles. The third-order valence-corrected chi connectivity index (χ3v) is 6.42. The van der Waals surface area contributed by atoms with Gasteiger partial charge in [0.25, 0.3) is 0 Å². The molecular formula is C19H29N5O2S2. The first-order valence-electron chi connectivity index (χ1n) is 9.51. The van der Waals surface area contributed by atoms with Crippen LogP contribution in [-0.2, 0) is 29.5 Å². The van der Waals surface area contributed by atoms with E-state index in [1.54, 1.807) is 11.8 Å². The van der Waals surface area contributed by atoms with E-state index in [2.05, 4.69) is 54.9 Å². The molecule has 1 aliphatic rings. The van der Waals surface area contributed by atoms with E-state index in [1.807, 2.05) is 13.8 Å². The highest BCUT2D eigenvalue weighted by molar-refractivity contribution is 7.98. The minimum absolute atomic E-state index is 0.0809. The molecule has 0 aliphatic carbocycles. The fourth-order valence-electron chi connectivity index (χ4n) is 3.48. The molecule has 0 spiro atoms. The zero-order valence-corrected chi connectivity index (χ0v) is 18.6. The zero-order valence-electron chi connectivity index (χ0n) is 16.9. The van der Waals surface area contributed by atoms with Gasteiger partial charge in [0.15, 0.2) is 5.82 Å². The Labute approximate surface area is 172 Å². The summed E-state index contributed by atoms with van der Waals surface area (Å²) in [4.78, 5) is 3.69. The molecule has 2 aromatic rings. The summed E-state index contributed by atoms with van der Waals surface area (Å²) in [5.41, 5.74) is 1.30. The molecule has 1 N–H and O–H groups in total. The van der Waals surface area contributed by atoms with Gasteiger partial charge < -0.3 is 4.57 Å². The average Bonchev–Trinajstić information content (AvgIpc) is 2.93. The second-order valence-corrected chi connectivity index (χ2v) is 10.3. The standard InChI is InChI=1S/C19H29N5O2S2/c1-14(2)18(22-28(4,25)26)19-21-20-17-9-10-23(11-12-24(17)19)13-15-5-7-16(27-3)8-6-15/h5-8,14,18,22H,9-13H2,1-4H3. The van der Waals surface area contributed by atoms with Crippen molar-refractivity contribution in [2.45, 2.75) is 44.3 Å². The second-order valence-electron chi connectivity index (χ2n) is 7.61. The third kappa shape index (κ3) is 5.34. The summed E-state index contributed by atoms with van der Waals surface area (Å²) in [6.45, 7) is 7.43. The Morgan fingerprint density at radius 1 is 1.14 bits per heavy atom. The van der Waals surface area contributed by atoms with Gasteiger partial charge in [-0.2, -0.15) is 0 Å². The van der Waals surface area contributed by atoms with Crippen molar-refractivity contribution in [3.8, 4) is 0 Å². The van der Waals surface area contributed by atoms with Crippen LogP contribution in [0.3, 0.4) is 0 Å². The fraction of sp³-hybridized carbons (Fsp3) is 0.579. The van der Waals surface area contributed by atoms with Gasteiger partial charge in [0.1, 0.15) is 5.82 Å². The van der Waals surface area contributed by atoms with E-state index in [0.717, 1.165) is 38.4 Å². The maximum absolute atomic E-state index is 11.8. The molecular weight excluding hydrogens is 394 g/mol. The van der Waals surface area contributed by atoms with Crippen LogP contribution >= 0.6 is 11.8 Å². The first-order chi connectivity index (χ1) is 13.3. The Kier molecular flexibility index (Phi) is 6.80. The Hall–Kier alpha value is -1.42. The number of thioether (sulfide) groups is 1. The summed E-state index contributed by atoms with van der Waals surface area (Å²) in [6.07, 6.45) is 4.08. The lowest BCUT2D eigenvalue weighted by Crippen LogP contribution is -2.33. The molecule has 1 aliphatic heterocycles. The Balaban J connectivity index is 1.73. The van der Waals surface area contributed by atoms with E-state index >= 15 is 0 Å². The van der Waals surface area contributed by atoms with Gasteiger partial charge in [0.05, 0.1) is 12.3 Å². The van der Waals surface area contributed by atoms with Crippen LogP contribution in [0.2, 0.25) is 0 Å². The number of benzene rings is 1. The molecule has 28 heavy (non-hydrogen) atoms. The van der Waals surface area contributed by atoms with Crippen molar-refractivity contribution in [3.05, 3.63) is 41.5 Å². The SMILES string of the molecule is CSc1ccc(CN2CCc3nnc(C(NS(C)(=O)=O)C(C)C)n3CC2)cc1. The van der Waals surface area contributed by atoms with Crippen LogP contribution in [0.25, 0.3) is 0 Å². The van der Waals surface area contributed by atoms with Gasteiger partial charge in [0.2, 0.25) is 10.0 Å². The summed E-state index contributed by atoms with van der Waals surface area (Å²) >= 11 is 1.75. The molecule has 7 nitrogen and oxygen atoms in total. The molecule has 2 heterocycles. The number of nitrogens with one attached hydrogen (secondary N) is 1. The normalized spacial score (nSPS) is 16.8. The van der Waals surface area contributed by atoms with Gasteiger partial charge >= 0.3 is 0 Å². The van der Waals surface area contributed by atoms with Crippen molar-refractivity contribution < 1.29 is 8.42 Å². The van der Waals surface area contributed by atoms with Gasteiger partial charge in [-0.05, 0) is 29.9 Å². The van der Waals surface area contributed by atoms with E-state index in [4.69, 9.17) is 0 Å². The maximum Gasteiger partial charge on any atom is 0.209 e. The molecule has 9 heteroatoms. The van der Waals surface area contributed by atoms with E-state index in [1.165, 1.54) is 16.7 Å². The van der Waals surface area contributed by atoms with Gasteiger partial charge in [-0.25, -0.2) is 13.1 Å². The van der Waals surface area contributed by atoms with Crippen LogP contribution in [-0.4, -0.2) is 53.7 Å². The molecule has 0 bridgehead atoms. The quantitative estimate of drug-likeness (QED) is 0.689. The maximum atomic E-state index is 11.8. The van der Waals surface area contributed by atoms with E-state index < -0.39 is 10.0 Å².